The summed E-state index contributed by atoms with van der Waals surface area (Å²) in [7, 11) is 1.79. The second kappa shape index (κ2) is 10.1. The summed E-state index contributed by atoms with van der Waals surface area (Å²) in [6, 6.07) is 18.4. The highest BCUT2D eigenvalue weighted by Gasteiger charge is 2.34. The molecule has 30 heavy (non-hydrogen) atoms. The third kappa shape index (κ3) is 5.61. The van der Waals surface area contributed by atoms with E-state index in [0.717, 1.165) is 29.8 Å². The number of nitrogens with zero attached hydrogens (tertiary/aromatic N) is 1. The van der Waals surface area contributed by atoms with E-state index >= 15 is 0 Å². The Morgan fingerprint density at radius 3 is 2.27 bits per heavy atom. The Kier molecular flexibility index (Phi) is 7.51. The largest absolute Gasteiger partial charge is 0.326 e. The quantitative estimate of drug-likeness (QED) is 0.727. The molecule has 0 spiro atoms. The van der Waals surface area contributed by atoms with Gasteiger partial charge in [-0.05, 0) is 61.4 Å². The van der Waals surface area contributed by atoms with E-state index in [4.69, 9.17) is 0 Å². The number of piperidine rings is 1. The standard InChI is InChI=1S/C24H29N3O2.ClH/c1-27(22-5-3-2-4-6-22)24(29)16-17-7-9-19(10-8-17)26-23(28)15-18-13-20-11-12-21(14-18)25-20;/h2-10,18,20-21,25H,11-16H2,1H3,(H,26,28);1H. The number of anilines is 2. The van der Waals surface area contributed by atoms with Crippen LogP contribution in [0.4, 0.5) is 11.4 Å². The van der Waals surface area contributed by atoms with E-state index in [9.17, 15) is 9.59 Å². The first-order valence-electron chi connectivity index (χ1n) is 10.5. The maximum Gasteiger partial charge on any atom is 0.231 e. The first kappa shape index (κ1) is 22.3. The lowest BCUT2D eigenvalue weighted by Crippen LogP contribution is -2.39. The zero-order valence-electron chi connectivity index (χ0n) is 17.3. The van der Waals surface area contributed by atoms with Gasteiger partial charge in [-0.25, -0.2) is 0 Å². The fourth-order valence-electron chi connectivity index (χ4n) is 4.61. The van der Waals surface area contributed by atoms with E-state index in [1.807, 2.05) is 54.6 Å². The van der Waals surface area contributed by atoms with Crippen molar-refractivity contribution in [3.05, 3.63) is 60.2 Å². The number of hydrogen-bond acceptors (Lipinski definition) is 3. The number of benzene rings is 2. The van der Waals surface area contributed by atoms with Crippen LogP contribution in [-0.4, -0.2) is 30.9 Å². The number of carbonyl (C=O) groups is 2. The van der Waals surface area contributed by atoms with Gasteiger partial charge in [-0.15, -0.1) is 12.4 Å². The third-order valence-corrected chi connectivity index (χ3v) is 6.16. The summed E-state index contributed by atoms with van der Waals surface area (Å²) in [5, 5.41) is 6.63. The maximum absolute atomic E-state index is 12.5. The van der Waals surface area contributed by atoms with Crippen molar-refractivity contribution >= 4 is 35.6 Å². The monoisotopic (exact) mass is 427 g/mol. The Bertz CT molecular complexity index is 845. The van der Waals surface area contributed by atoms with E-state index < -0.39 is 0 Å². The normalized spacial score (nSPS) is 22.1. The zero-order chi connectivity index (χ0) is 20.2. The summed E-state index contributed by atoms with van der Waals surface area (Å²) >= 11 is 0. The number of likely N-dealkylation sites (N-methyl/N-ethyl adjacent to an activating group) is 1. The van der Waals surface area contributed by atoms with Crippen molar-refractivity contribution in [2.45, 2.75) is 50.6 Å². The van der Waals surface area contributed by atoms with Crippen molar-refractivity contribution in [1.29, 1.82) is 0 Å². The lowest BCUT2D eigenvalue weighted by molar-refractivity contribution is -0.118. The molecule has 2 heterocycles. The average Bonchev–Trinajstić information content (AvgIpc) is 3.07. The molecule has 2 N–H and O–H groups in total. The van der Waals surface area contributed by atoms with Crippen LogP contribution in [0.2, 0.25) is 0 Å². The van der Waals surface area contributed by atoms with Crippen LogP contribution in [-0.2, 0) is 16.0 Å². The van der Waals surface area contributed by atoms with Crippen molar-refractivity contribution in [2.75, 3.05) is 17.3 Å². The van der Waals surface area contributed by atoms with E-state index in [-0.39, 0.29) is 24.2 Å². The highest BCUT2D eigenvalue weighted by atomic mass is 35.5. The Hall–Kier alpha value is -2.37. The molecule has 2 fully saturated rings. The smallest absolute Gasteiger partial charge is 0.231 e. The number of para-hydroxylation sites is 1. The fourth-order valence-corrected chi connectivity index (χ4v) is 4.61. The number of rotatable bonds is 6. The summed E-state index contributed by atoms with van der Waals surface area (Å²) in [4.78, 5) is 26.6. The van der Waals surface area contributed by atoms with Gasteiger partial charge < -0.3 is 15.5 Å². The van der Waals surface area contributed by atoms with Crippen LogP contribution in [0.3, 0.4) is 0 Å². The molecule has 0 radical (unpaired) electrons. The van der Waals surface area contributed by atoms with Crippen LogP contribution >= 0.6 is 12.4 Å². The van der Waals surface area contributed by atoms with Gasteiger partial charge in [0.2, 0.25) is 11.8 Å². The molecular formula is C24H30ClN3O2. The minimum Gasteiger partial charge on any atom is -0.326 e. The summed E-state index contributed by atoms with van der Waals surface area (Å²) in [5.74, 6) is 0.608. The van der Waals surface area contributed by atoms with Gasteiger partial charge in [-0.3, -0.25) is 9.59 Å². The van der Waals surface area contributed by atoms with Gasteiger partial charge in [-0.1, -0.05) is 30.3 Å². The first-order chi connectivity index (χ1) is 14.1. The molecule has 2 aliphatic heterocycles. The molecule has 2 atom stereocenters. The van der Waals surface area contributed by atoms with E-state index in [1.54, 1.807) is 11.9 Å². The van der Waals surface area contributed by atoms with Crippen molar-refractivity contribution in [2.24, 2.45) is 5.92 Å². The molecule has 2 saturated heterocycles. The molecule has 2 aromatic carbocycles. The Labute approximate surface area is 184 Å². The highest BCUT2D eigenvalue weighted by Crippen LogP contribution is 2.32. The second-order valence-corrected chi connectivity index (χ2v) is 8.39. The molecule has 0 aliphatic carbocycles. The lowest BCUT2D eigenvalue weighted by Gasteiger charge is -2.28. The molecule has 2 unspecified atom stereocenters. The molecule has 0 aromatic heterocycles. The van der Waals surface area contributed by atoms with Crippen molar-refractivity contribution < 1.29 is 9.59 Å². The van der Waals surface area contributed by atoms with Gasteiger partial charge >= 0.3 is 0 Å². The van der Waals surface area contributed by atoms with Gasteiger partial charge in [0.1, 0.15) is 0 Å². The van der Waals surface area contributed by atoms with Crippen molar-refractivity contribution in [1.82, 2.24) is 5.32 Å². The predicted octanol–water partition coefficient (Wildman–Crippen LogP) is 4.17. The number of fused-ring (bicyclic) bond motifs is 2. The Balaban J connectivity index is 0.00000256. The Morgan fingerprint density at radius 1 is 1.00 bits per heavy atom. The number of nitrogens with one attached hydrogen (secondary N) is 2. The first-order valence-corrected chi connectivity index (χ1v) is 10.5. The van der Waals surface area contributed by atoms with Gasteiger partial charge in [0.05, 0.1) is 6.42 Å². The minimum atomic E-state index is 0. The maximum atomic E-state index is 12.5. The number of carbonyl (C=O) groups excluding carboxylic acids is 2. The zero-order valence-corrected chi connectivity index (χ0v) is 18.2. The summed E-state index contributed by atoms with van der Waals surface area (Å²) < 4.78 is 0. The number of amides is 2. The Morgan fingerprint density at radius 2 is 1.63 bits per heavy atom. The topological polar surface area (TPSA) is 61.4 Å². The average molecular weight is 428 g/mol. The van der Waals surface area contributed by atoms with Crippen LogP contribution in [0, 0.1) is 5.92 Å². The molecule has 0 saturated carbocycles. The fraction of sp³-hybridized carbons (Fsp3) is 0.417. The number of halogens is 1. The summed E-state index contributed by atoms with van der Waals surface area (Å²) in [6.45, 7) is 0. The molecule has 160 valence electrons. The van der Waals surface area contributed by atoms with Crippen LogP contribution < -0.4 is 15.5 Å². The molecular weight excluding hydrogens is 398 g/mol. The molecule has 4 rings (SSSR count). The minimum absolute atomic E-state index is 0. The third-order valence-electron chi connectivity index (χ3n) is 6.16. The van der Waals surface area contributed by atoms with Crippen molar-refractivity contribution in [3.8, 4) is 0 Å². The van der Waals surface area contributed by atoms with Crippen LogP contribution in [0.1, 0.15) is 37.7 Å². The predicted molar refractivity (Wildman–Crippen MR) is 123 cm³/mol. The molecule has 2 bridgehead atoms. The summed E-state index contributed by atoms with van der Waals surface area (Å²) in [6.07, 6.45) is 5.65. The summed E-state index contributed by atoms with van der Waals surface area (Å²) in [5.41, 5.74) is 2.61. The molecule has 6 heteroatoms. The van der Waals surface area contributed by atoms with Gasteiger partial charge in [0, 0.05) is 36.9 Å². The number of hydrogen-bond donors (Lipinski definition) is 2. The van der Waals surface area contributed by atoms with Gasteiger partial charge in [-0.2, -0.15) is 0 Å². The van der Waals surface area contributed by atoms with E-state index in [0.29, 0.717) is 30.8 Å². The van der Waals surface area contributed by atoms with E-state index in [1.165, 1.54) is 12.8 Å². The van der Waals surface area contributed by atoms with Gasteiger partial charge in [0.25, 0.3) is 0 Å². The van der Waals surface area contributed by atoms with Crippen LogP contribution in [0.15, 0.2) is 54.6 Å². The lowest BCUT2D eigenvalue weighted by atomic mass is 9.89. The molecule has 2 aliphatic rings. The van der Waals surface area contributed by atoms with Crippen LogP contribution in [0.5, 0.6) is 0 Å². The van der Waals surface area contributed by atoms with E-state index in [2.05, 4.69) is 10.6 Å². The second-order valence-electron chi connectivity index (χ2n) is 8.39. The van der Waals surface area contributed by atoms with Crippen molar-refractivity contribution in [3.63, 3.8) is 0 Å². The molecule has 5 nitrogen and oxygen atoms in total. The highest BCUT2D eigenvalue weighted by molar-refractivity contribution is 5.94. The van der Waals surface area contributed by atoms with Gasteiger partial charge in [0.15, 0.2) is 0 Å². The van der Waals surface area contributed by atoms with Crippen LogP contribution in [0.25, 0.3) is 0 Å². The molecule has 2 aromatic rings. The molecule has 2 amide bonds. The SMILES string of the molecule is CN(C(=O)Cc1ccc(NC(=O)CC2CC3CCC(C2)N3)cc1)c1ccccc1.Cl.